The third-order valence-corrected chi connectivity index (χ3v) is 5.67. The molecule has 1 amide bonds. The molecule has 0 aliphatic carbocycles. The van der Waals surface area contributed by atoms with E-state index in [2.05, 4.69) is 5.16 Å². The fraction of sp³-hybridized carbons (Fsp3) is 0.273. The van der Waals surface area contributed by atoms with Crippen LogP contribution in [0.15, 0.2) is 53.2 Å². The molecule has 160 valence electrons. The van der Waals surface area contributed by atoms with Gasteiger partial charge in [0.05, 0.1) is 22.3 Å². The smallest absolute Gasteiger partial charge is 0.254 e. The van der Waals surface area contributed by atoms with Gasteiger partial charge in [-0.1, -0.05) is 69.3 Å². The van der Waals surface area contributed by atoms with Gasteiger partial charge in [0, 0.05) is 28.6 Å². The lowest BCUT2D eigenvalue weighted by atomic mass is 9.89. The second-order valence-electron chi connectivity index (χ2n) is 7.15. The molecule has 0 aliphatic rings. The van der Waals surface area contributed by atoms with Gasteiger partial charge >= 0.3 is 0 Å². The van der Waals surface area contributed by atoms with E-state index in [-0.39, 0.29) is 18.4 Å². The molecule has 0 saturated carbocycles. The van der Waals surface area contributed by atoms with E-state index in [0.717, 1.165) is 11.1 Å². The molecule has 0 heterocycles. The lowest BCUT2D eigenvalue weighted by Gasteiger charge is -2.23. The van der Waals surface area contributed by atoms with E-state index >= 15 is 0 Å². The molecule has 0 aromatic heterocycles. The Morgan fingerprint density at radius 3 is 2.23 bits per heavy atom. The number of hydrogen-bond donors (Lipinski definition) is 1. The molecule has 0 spiro atoms. The Morgan fingerprint density at radius 1 is 1.07 bits per heavy atom. The fourth-order valence-electron chi connectivity index (χ4n) is 2.97. The Morgan fingerprint density at radius 2 is 1.70 bits per heavy atom. The summed E-state index contributed by atoms with van der Waals surface area (Å²) in [6, 6.07) is 9.93. The summed E-state index contributed by atoms with van der Waals surface area (Å²) in [6.07, 6.45) is 2.61. The van der Waals surface area contributed by atoms with Crippen molar-refractivity contribution >= 4 is 58.0 Å². The molecule has 0 bridgehead atoms. The summed E-state index contributed by atoms with van der Waals surface area (Å²) in [5, 5.41) is 14.9. The predicted octanol–water partition coefficient (Wildman–Crippen LogP) is 7.34. The standard InChI is InChI=1S/C22H22Cl4N2O2/c1-13(2)4-6-18(14-5-7-19(25)20(26)10-14)21(27-30)12-28(3)22(29)15-8-16(23)11-17(24)9-15/h4-5,7-11,18,30H,6,12H2,1-3H3. The highest BCUT2D eigenvalue weighted by Crippen LogP contribution is 2.30. The number of carbonyl (C=O) groups excluding carboxylic acids is 1. The van der Waals surface area contributed by atoms with Gasteiger partial charge in [-0.05, 0) is 56.2 Å². The minimum absolute atomic E-state index is 0.0982. The van der Waals surface area contributed by atoms with Crippen molar-refractivity contribution in [2.24, 2.45) is 5.16 Å². The van der Waals surface area contributed by atoms with E-state index in [1.807, 2.05) is 26.0 Å². The van der Waals surface area contributed by atoms with E-state index in [4.69, 9.17) is 46.4 Å². The van der Waals surface area contributed by atoms with Crippen LogP contribution in [0.25, 0.3) is 0 Å². The van der Waals surface area contributed by atoms with Crippen LogP contribution >= 0.6 is 46.4 Å². The Hall–Kier alpha value is -1.72. The van der Waals surface area contributed by atoms with Crippen molar-refractivity contribution in [3.63, 3.8) is 0 Å². The maximum Gasteiger partial charge on any atom is 0.254 e. The van der Waals surface area contributed by atoms with Crippen molar-refractivity contribution in [1.82, 2.24) is 4.90 Å². The van der Waals surface area contributed by atoms with Crippen LogP contribution in [0.5, 0.6) is 0 Å². The van der Waals surface area contributed by atoms with E-state index in [0.29, 0.717) is 37.8 Å². The van der Waals surface area contributed by atoms with Crippen LogP contribution in [0.4, 0.5) is 0 Å². The van der Waals surface area contributed by atoms with Crippen molar-refractivity contribution < 1.29 is 10.0 Å². The first kappa shape index (κ1) is 24.5. The number of benzene rings is 2. The SMILES string of the molecule is CC(C)=CCC(C(CN(C)C(=O)c1cc(Cl)cc(Cl)c1)=NO)c1ccc(Cl)c(Cl)c1. The van der Waals surface area contributed by atoms with Gasteiger partial charge in [0.1, 0.15) is 0 Å². The molecule has 2 aromatic rings. The van der Waals surface area contributed by atoms with Crippen LogP contribution in [0.3, 0.4) is 0 Å². The third-order valence-electron chi connectivity index (χ3n) is 4.49. The van der Waals surface area contributed by atoms with Gasteiger partial charge in [0.25, 0.3) is 5.91 Å². The number of hydrogen-bond acceptors (Lipinski definition) is 3. The number of nitrogens with zero attached hydrogens (tertiary/aromatic N) is 2. The molecule has 4 nitrogen and oxygen atoms in total. The fourth-order valence-corrected chi connectivity index (χ4v) is 3.80. The lowest BCUT2D eigenvalue weighted by Crippen LogP contribution is -2.34. The van der Waals surface area contributed by atoms with E-state index < -0.39 is 0 Å². The van der Waals surface area contributed by atoms with Gasteiger partial charge in [-0.25, -0.2) is 0 Å². The zero-order valence-electron chi connectivity index (χ0n) is 16.8. The van der Waals surface area contributed by atoms with Crippen LogP contribution in [-0.4, -0.2) is 35.3 Å². The maximum absolute atomic E-state index is 12.8. The van der Waals surface area contributed by atoms with E-state index in [1.165, 1.54) is 4.90 Å². The zero-order valence-corrected chi connectivity index (χ0v) is 19.8. The highest BCUT2D eigenvalue weighted by atomic mass is 35.5. The van der Waals surface area contributed by atoms with Crippen molar-refractivity contribution in [3.8, 4) is 0 Å². The van der Waals surface area contributed by atoms with Gasteiger partial charge in [0.15, 0.2) is 0 Å². The normalized spacial score (nSPS) is 12.4. The average Bonchev–Trinajstić information content (AvgIpc) is 2.67. The Labute approximate surface area is 196 Å². The van der Waals surface area contributed by atoms with Crippen molar-refractivity contribution in [1.29, 1.82) is 0 Å². The van der Waals surface area contributed by atoms with Crippen LogP contribution in [0.2, 0.25) is 20.1 Å². The van der Waals surface area contributed by atoms with Gasteiger partial charge < -0.3 is 10.1 Å². The minimum atomic E-state index is -0.296. The monoisotopic (exact) mass is 486 g/mol. The van der Waals surface area contributed by atoms with Gasteiger partial charge in [-0.3, -0.25) is 4.79 Å². The molecule has 0 saturated heterocycles. The number of rotatable bonds is 7. The highest BCUT2D eigenvalue weighted by molar-refractivity contribution is 6.42. The number of halogens is 4. The van der Waals surface area contributed by atoms with E-state index in [9.17, 15) is 10.0 Å². The average molecular weight is 488 g/mol. The summed E-state index contributed by atoms with van der Waals surface area (Å²) in [6.45, 7) is 4.07. The molecule has 0 radical (unpaired) electrons. The van der Waals surface area contributed by atoms with Crippen LogP contribution < -0.4 is 0 Å². The summed E-state index contributed by atoms with van der Waals surface area (Å²) in [5.41, 5.74) is 2.72. The molecule has 2 aromatic carbocycles. The first-order valence-corrected chi connectivity index (χ1v) is 10.6. The maximum atomic E-state index is 12.8. The van der Waals surface area contributed by atoms with Crippen LogP contribution in [0, 0.1) is 0 Å². The van der Waals surface area contributed by atoms with Crippen LogP contribution in [-0.2, 0) is 0 Å². The second kappa shape index (κ2) is 11.1. The highest BCUT2D eigenvalue weighted by Gasteiger charge is 2.23. The van der Waals surface area contributed by atoms with Crippen molar-refractivity contribution in [3.05, 3.63) is 79.3 Å². The quantitative estimate of drug-likeness (QED) is 0.192. The van der Waals surface area contributed by atoms with Gasteiger partial charge in [-0.2, -0.15) is 0 Å². The topological polar surface area (TPSA) is 52.9 Å². The Bertz CT molecular complexity index is 965. The van der Waals surface area contributed by atoms with Crippen LogP contribution in [0.1, 0.15) is 42.1 Å². The summed E-state index contributed by atoms with van der Waals surface area (Å²) in [5.74, 6) is -0.589. The Kier molecular flexibility index (Phi) is 9.05. The van der Waals surface area contributed by atoms with Crippen molar-refractivity contribution in [2.45, 2.75) is 26.2 Å². The predicted molar refractivity (Wildman–Crippen MR) is 126 cm³/mol. The summed E-state index contributed by atoms with van der Waals surface area (Å²) >= 11 is 24.3. The molecule has 8 heteroatoms. The second-order valence-corrected chi connectivity index (χ2v) is 8.84. The number of oxime groups is 1. The van der Waals surface area contributed by atoms with Crippen molar-refractivity contribution in [2.75, 3.05) is 13.6 Å². The van der Waals surface area contributed by atoms with Gasteiger partial charge in [-0.15, -0.1) is 0 Å². The largest absolute Gasteiger partial charge is 0.411 e. The zero-order chi connectivity index (χ0) is 22.4. The number of allylic oxidation sites excluding steroid dienone is 2. The molecule has 0 aliphatic heterocycles. The summed E-state index contributed by atoms with van der Waals surface area (Å²) in [7, 11) is 1.62. The molecule has 0 fully saturated rings. The van der Waals surface area contributed by atoms with E-state index in [1.54, 1.807) is 37.4 Å². The molecule has 30 heavy (non-hydrogen) atoms. The lowest BCUT2D eigenvalue weighted by molar-refractivity contribution is 0.0813. The molecule has 1 unspecified atom stereocenters. The Balaban J connectivity index is 2.32. The van der Waals surface area contributed by atoms with Gasteiger partial charge in [0.2, 0.25) is 0 Å². The molecular weight excluding hydrogens is 466 g/mol. The third kappa shape index (κ3) is 6.64. The molecular formula is C22H22Cl4N2O2. The first-order valence-electron chi connectivity index (χ1n) is 9.13. The minimum Gasteiger partial charge on any atom is -0.411 e. The molecule has 2 rings (SSSR count). The summed E-state index contributed by atoms with van der Waals surface area (Å²) in [4.78, 5) is 14.3. The first-order chi connectivity index (χ1) is 14.1. The number of carbonyl (C=O) groups is 1. The molecule has 1 atom stereocenters. The number of amides is 1. The molecule has 1 N–H and O–H groups in total. The summed E-state index contributed by atoms with van der Waals surface area (Å²) < 4.78 is 0.